The Balaban J connectivity index is 1.97. The fraction of sp³-hybridized carbons (Fsp3) is 0.0588. The van der Waals surface area contributed by atoms with Crippen molar-refractivity contribution in [2.75, 3.05) is 5.43 Å². The summed E-state index contributed by atoms with van der Waals surface area (Å²) >= 11 is 0. The van der Waals surface area contributed by atoms with Gasteiger partial charge in [0.05, 0.1) is 16.7 Å². The molecule has 0 bridgehead atoms. The molecule has 0 spiro atoms. The SMILES string of the molecule is Cc1cccc(-n2cnc3cc(NN=C(C#N)C#N)ccc32)c1. The highest BCUT2D eigenvalue weighted by Crippen LogP contribution is 2.22. The topological polar surface area (TPSA) is 89.8 Å². The second-order valence-corrected chi connectivity index (χ2v) is 4.95. The van der Waals surface area contributed by atoms with E-state index in [1.165, 1.54) is 5.56 Å². The number of rotatable bonds is 3. The first-order chi connectivity index (χ1) is 11.2. The third-order valence-electron chi connectivity index (χ3n) is 3.34. The van der Waals surface area contributed by atoms with Crippen molar-refractivity contribution in [1.29, 1.82) is 10.5 Å². The largest absolute Gasteiger partial charge is 0.299 e. The maximum absolute atomic E-state index is 8.67. The van der Waals surface area contributed by atoms with Crippen LogP contribution in [-0.4, -0.2) is 15.3 Å². The lowest BCUT2D eigenvalue weighted by molar-refractivity contribution is 1.09. The van der Waals surface area contributed by atoms with Crippen molar-refractivity contribution in [3.63, 3.8) is 0 Å². The Morgan fingerprint density at radius 2 is 2.00 bits per heavy atom. The first-order valence-electron chi connectivity index (χ1n) is 6.89. The number of aromatic nitrogens is 2. The molecule has 0 aliphatic rings. The maximum Gasteiger partial charge on any atom is 0.237 e. The first-order valence-corrected chi connectivity index (χ1v) is 6.89. The second-order valence-electron chi connectivity index (χ2n) is 4.95. The molecule has 0 aliphatic carbocycles. The zero-order valence-electron chi connectivity index (χ0n) is 12.4. The van der Waals surface area contributed by atoms with Gasteiger partial charge in [0.1, 0.15) is 18.5 Å². The van der Waals surface area contributed by atoms with Crippen molar-refractivity contribution in [3.8, 4) is 17.8 Å². The van der Waals surface area contributed by atoms with E-state index in [4.69, 9.17) is 10.5 Å². The van der Waals surface area contributed by atoms with Crippen LogP contribution in [0.4, 0.5) is 5.69 Å². The van der Waals surface area contributed by atoms with Crippen LogP contribution in [0.2, 0.25) is 0 Å². The standard InChI is InChI=1S/C17H12N6/c1-12-3-2-4-15(7-12)23-11-20-16-8-13(5-6-17(16)23)21-22-14(9-18)10-19/h2-8,11,21H,1H3. The lowest BCUT2D eigenvalue weighted by Crippen LogP contribution is -1.96. The lowest BCUT2D eigenvalue weighted by Gasteiger charge is -2.06. The fourth-order valence-corrected chi connectivity index (χ4v) is 2.26. The number of fused-ring (bicyclic) bond motifs is 1. The van der Waals surface area contributed by atoms with Gasteiger partial charge in [0, 0.05) is 5.69 Å². The molecule has 6 heteroatoms. The molecule has 0 aliphatic heterocycles. The highest BCUT2D eigenvalue weighted by atomic mass is 15.3. The van der Waals surface area contributed by atoms with E-state index in [0.717, 1.165) is 16.7 Å². The second kappa shape index (κ2) is 6.00. The Labute approximate surface area is 132 Å². The maximum atomic E-state index is 8.67. The van der Waals surface area contributed by atoms with E-state index in [1.807, 2.05) is 47.9 Å². The Hall–Kier alpha value is -3.64. The van der Waals surface area contributed by atoms with Crippen LogP contribution in [0.1, 0.15) is 5.56 Å². The molecule has 2 aromatic carbocycles. The molecule has 1 heterocycles. The van der Waals surface area contributed by atoms with Crippen LogP contribution in [0, 0.1) is 29.6 Å². The van der Waals surface area contributed by atoms with Gasteiger partial charge in [-0.3, -0.25) is 9.99 Å². The van der Waals surface area contributed by atoms with Gasteiger partial charge in [-0.25, -0.2) is 4.98 Å². The summed E-state index contributed by atoms with van der Waals surface area (Å²) in [5.41, 5.74) is 7.11. The minimum absolute atomic E-state index is 0.226. The summed E-state index contributed by atoms with van der Waals surface area (Å²) in [7, 11) is 0. The molecule has 23 heavy (non-hydrogen) atoms. The monoisotopic (exact) mass is 300 g/mol. The van der Waals surface area contributed by atoms with Crippen molar-refractivity contribution >= 4 is 22.4 Å². The molecule has 1 aromatic heterocycles. The molecular weight excluding hydrogens is 288 g/mol. The van der Waals surface area contributed by atoms with E-state index in [2.05, 4.69) is 21.6 Å². The number of aryl methyl sites for hydroxylation is 1. The summed E-state index contributed by atoms with van der Waals surface area (Å²) in [6.07, 6.45) is 1.77. The number of hydrazone groups is 1. The van der Waals surface area contributed by atoms with Gasteiger partial charge in [0.25, 0.3) is 0 Å². The van der Waals surface area contributed by atoms with Crippen LogP contribution < -0.4 is 5.43 Å². The van der Waals surface area contributed by atoms with E-state index in [0.29, 0.717) is 5.69 Å². The fourth-order valence-electron chi connectivity index (χ4n) is 2.26. The molecule has 1 N–H and O–H groups in total. The van der Waals surface area contributed by atoms with Crippen LogP contribution in [0.25, 0.3) is 16.7 Å². The average Bonchev–Trinajstić information content (AvgIpc) is 2.99. The number of imidazole rings is 1. The molecule has 3 rings (SSSR count). The van der Waals surface area contributed by atoms with Crippen LogP contribution in [0.3, 0.4) is 0 Å². The number of hydrogen-bond acceptors (Lipinski definition) is 5. The Bertz CT molecular complexity index is 968. The normalized spacial score (nSPS) is 9.87. The summed E-state index contributed by atoms with van der Waals surface area (Å²) in [5, 5.41) is 21.1. The summed E-state index contributed by atoms with van der Waals surface area (Å²) in [5.74, 6) is 0. The van der Waals surface area contributed by atoms with Crippen molar-refractivity contribution in [2.45, 2.75) is 6.92 Å². The number of nitriles is 2. The van der Waals surface area contributed by atoms with Gasteiger partial charge in [-0.1, -0.05) is 12.1 Å². The highest BCUT2D eigenvalue weighted by Gasteiger charge is 2.06. The average molecular weight is 300 g/mol. The summed E-state index contributed by atoms with van der Waals surface area (Å²) in [6, 6.07) is 17.1. The van der Waals surface area contributed by atoms with E-state index in [9.17, 15) is 0 Å². The van der Waals surface area contributed by atoms with Gasteiger partial charge in [-0.2, -0.15) is 15.6 Å². The van der Waals surface area contributed by atoms with Gasteiger partial charge in [0.15, 0.2) is 0 Å². The molecule has 0 radical (unpaired) electrons. The van der Waals surface area contributed by atoms with E-state index in [1.54, 1.807) is 18.5 Å². The highest BCUT2D eigenvalue weighted by molar-refractivity contribution is 6.10. The molecule has 0 saturated carbocycles. The number of hydrogen-bond donors (Lipinski definition) is 1. The predicted molar refractivity (Wildman–Crippen MR) is 88.1 cm³/mol. The number of benzene rings is 2. The molecule has 0 unspecified atom stereocenters. The first kappa shape index (κ1) is 14.3. The molecule has 0 fully saturated rings. The number of anilines is 1. The molecule has 6 nitrogen and oxygen atoms in total. The number of nitrogens with zero attached hydrogens (tertiary/aromatic N) is 5. The lowest BCUT2D eigenvalue weighted by atomic mass is 10.2. The minimum atomic E-state index is -0.226. The molecule has 0 amide bonds. The van der Waals surface area contributed by atoms with Gasteiger partial charge in [0.2, 0.25) is 5.71 Å². The summed E-state index contributed by atoms with van der Waals surface area (Å²) in [6.45, 7) is 2.05. The Kier molecular flexibility index (Phi) is 3.73. The zero-order valence-corrected chi connectivity index (χ0v) is 12.4. The molecule has 0 saturated heterocycles. The van der Waals surface area contributed by atoms with Crippen molar-refractivity contribution in [1.82, 2.24) is 9.55 Å². The number of nitrogens with one attached hydrogen (secondary N) is 1. The smallest absolute Gasteiger partial charge is 0.237 e. The quantitative estimate of drug-likeness (QED) is 0.594. The van der Waals surface area contributed by atoms with E-state index in [-0.39, 0.29) is 5.71 Å². The molecule has 110 valence electrons. The Morgan fingerprint density at radius 1 is 1.17 bits per heavy atom. The molecule has 0 atom stereocenters. The third kappa shape index (κ3) is 2.87. The Morgan fingerprint density at radius 3 is 2.74 bits per heavy atom. The van der Waals surface area contributed by atoms with Crippen LogP contribution in [0.5, 0.6) is 0 Å². The summed E-state index contributed by atoms with van der Waals surface area (Å²) < 4.78 is 2.01. The van der Waals surface area contributed by atoms with Crippen molar-refractivity contribution in [2.24, 2.45) is 5.10 Å². The van der Waals surface area contributed by atoms with Gasteiger partial charge in [-0.15, -0.1) is 0 Å². The summed E-state index contributed by atoms with van der Waals surface area (Å²) in [4.78, 5) is 4.40. The van der Waals surface area contributed by atoms with Gasteiger partial charge >= 0.3 is 0 Å². The molecule has 3 aromatic rings. The van der Waals surface area contributed by atoms with Crippen LogP contribution in [-0.2, 0) is 0 Å². The van der Waals surface area contributed by atoms with E-state index >= 15 is 0 Å². The minimum Gasteiger partial charge on any atom is -0.299 e. The van der Waals surface area contributed by atoms with Crippen LogP contribution >= 0.6 is 0 Å². The van der Waals surface area contributed by atoms with Gasteiger partial charge < -0.3 is 0 Å². The third-order valence-corrected chi connectivity index (χ3v) is 3.34. The van der Waals surface area contributed by atoms with Crippen molar-refractivity contribution in [3.05, 3.63) is 54.4 Å². The zero-order chi connectivity index (χ0) is 16.2. The predicted octanol–water partition coefficient (Wildman–Crippen LogP) is 3.15. The van der Waals surface area contributed by atoms with E-state index < -0.39 is 0 Å². The molecular formula is C17H12N6. The van der Waals surface area contributed by atoms with Gasteiger partial charge in [-0.05, 0) is 42.8 Å². The van der Waals surface area contributed by atoms with Crippen molar-refractivity contribution < 1.29 is 0 Å². The van der Waals surface area contributed by atoms with Crippen LogP contribution in [0.15, 0.2) is 53.9 Å².